The van der Waals surface area contributed by atoms with E-state index in [0.717, 1.165) is 22.2 Å². The van der Waals surface area contributed by atoms with E-state index in [1.165, 1.54) is 25.7 Å². The van der Waals surface area contributed by atoms with Gasteiger partial charge in [0, 0.05) is 16.1 Å². The van der Waals surface area contributed by atoms with Gasteiger partial charge in [0.25, 0.3) is 0 Å². The maximum absolute atomic E-state index is 5.78. The van der Waals surface area contributed by atoms with Crippen molar-refractivity contribution in [1.29, 1.82) is 0 Å². The lowest BCUT2D eigenvalue weighted by Crippen LogP contribution is -2.30. The Labute approximate surface area is 131 Å². The van der Waals surface area contributed by atoms with Crippen molar-refractivity contribution >= 4 is 15.9 Å². The molecule has 0 fully saturated rings. The molecule has 0 aliphatic heterocycles. The smallest absolute Gasteiger partial charge is 0.124 e. The second-order valence-electron chi connectivity index (χ2n) is 5.26. The summed E-state index contributed by atoms with van der Waals surface area (Å²) in [6.07, 6.45) is 6.04. The van der Waals surface area contributed by atoms with Crippen molar-refractivity contribution in [2.75, 3.05) is 7.11 Å². The van der Waals surface area contributed by atoms with E-state index < -0.39 is 0 Å². The summed E-state index contributed by atoms with van der Waals surface area (Å²) in [6, 6.07) is 6.25. The number of ether oxygens (including phenoxy) is 1. The zero-order chi connectivity index (χ0) is 15.0. The molecule has 20 heavy (non-hydrogen) atoms. The molecule has 2 unspecified atom stereocenters. The minimum Gasteiger partial charge on any atom is -0.496 e. The minimum atomic E-state index is 0.139. The molecule has 0 radical (unpaired) electrons. The monoisotopic (exact) mass is 342 g/mol. The molecule has 0 aliphatic rings. The fraction of sp³-hybridized carbons (Fsp3) is 0.625. The van der Waals surface area contributed by atoms with Crippen molar-refractivity contribution in [3.05, 3.63) is 28.2 Å². The molecule has 0 aliphatic carbocycles. The third-order valence-corrected chi connectivity index (χ3v) is 4.38. The molecule has 1 aromatic rings. The Bertz CT molecular complexity index is 398. The molecule has 3 N–H and O–H groups in total. The summed E-state index contributed by atoms with van der Waals surface area (Å²) in [6.45, 7) is 4.50. The molecular formula is C16H27BrN2O. The first-order valence-electron chi connectivity index (χ1n) is 7.45. The van der Waals surface area contributed by atoms with Crippen LogP contribution in [0, 0.1) is 5.92 Å². The predicted octanol–water partition coefficient (Wildman–Crippen LogP) is 4.57. The standard InChI is InChI=1S/C16H27BrN2O/c1-4-6-7-12(5-2)10-15(19-18)14-9-8-13(17)11-16(14)20-3/h8-9,11-12,15,19H,4-7,10,18H2,1-3H3. The Morgan fingerprint density at radius 2 is 2.10 bits per heavy atom. The number of hydrazine groups is 1. The highest BCUT2D eigenvalue weighted by molar-refractivity contribution is 9.10. The summed E-state index contributed by atoms with van der Waals surface area (Å²) < 4.78 is 6.50. The van der Waals surface area contributed by atoms with Gasteiger partial charge in [0.1, 0.15) is 5.75 Å². The maximum atomic E-state index is 5.78. The van der Waals surface area contributed by atoms with E-state index >= 15 is 0 Å². The van der Waals surface area contributed by atoms with Gasteiger partial charge in [0.05, 0.1) is 7.11 Å². The van der Waals surface area contributed by atoms with E-state index in [-0.39, 0.29) is 6.04 Å². The Hall–Kier alpha value is -0.580. The number of methoxy groups -OCH3 is 1. The molecule has 114 valence electrons. The number of nitrogens with two attached hydrogens (primary N) is 1. The number of rotatable bonds is 9. The van der Waals surface area contributed by atoms with Gasteiger partial charge in [-0.15, -0.1) is 0 Å². The summed E-state index contributed by atoms with van der Waals surface area (Å²) >= 11 is 3.48. The fourth-order valence-corrected chi connectivity index (χ4v) is 2.91. The van der Waals surface area contributed by atoms with E-state index in [1.807, 2.05) is 12.1 Å². The Morgan fingerprint density at radius 3 is 2.65 bits per heavy atom. The average Bonchev–Trinajstić information content (AvgIpc) is 2.48. The van der Waals surface area contributed by atoms with Gasteiger partial charge in [-0.05, 0) is 24.5 Å². The second-order valence-corrected chi connectivity index (χ2v) is 6.17. The van der Waals surface area contributed by atoms with Crippen molar-refractivity contribution in [1.82, 2.24) is 5.43 Å². The van der Waals surface area contributed by atoms with E-state index in [0.29, 0.717) is 5.92 Å². The molecule has 0 saturated heterocycles. The summed E-state index contributed by atoms with van der Waals surface area (Å²) in [5.41, 5.74) is 4.09. The molecule has 0 saturated carbocycles. The molecule has 0 heterocycles. The van der Waals surface area contributed by atoms with Crippen LogP contribution in [-0.4, -0.2) is 7.11 Å². The average molecular weight is 343 g/mol. The highest BCUT2D eigenvalue weighted by atomic mass is 79.9. The van der Waals surface area contributed by atoms with Crippen LogP contribution in [0.15, 0.2) is 22.7 Å². The van der Waals surface area contributed by atoms with Gasteiger partial charge in [-0.25, -0.2) is 0 Å². The Balaban J connectivity index is 2.84. The predicted molar refractivity (Wildman–Crippen MR) is 88.7 cm³/mol. The van der Waals surface area contributed by atoms with Crippen molar-refractivity contribution in [3.63, 3.8) is 0 Å². The Morgan fingerprint density at radius 1 is 1.35 bits per heavy atom. The van der Waals surface area contributed by atoms with Crippen LogP contribution in [0.2, 0.25) is 0 Å². The lowest BCUT2D eigenvalue weighted by molar-refractivity contribution is 0.343. The van der Waals surface area contributed by atoms with Gasteiger partial charge in [-0.2, -0.15) is 0 Å². The highest BCUT2D eigenvalue weighted by Crippen LogP contribution is 2.33. The maximum Gasteiger partial charge on any atom is 0.124 e. The first-order valence-corrected chi connectivity index (χ1v) is 8.25. The molecule has 4 heteroatoms. The highest BCUT2D eigenvalue weighted by Gasteiger charge is 2.19. The molecule has 0 aromatic heterocycles. The molecular weight excluding hydrogens is 316 g/mol. The van der Waals surface area contributed by atoms with Crippen LogP contribution in [0.3, 0.4) is 0 Å². The first kappa shape index (κ1) is 17.5. The van der Waals surface area contributed by atoms with Crippen molar-refractivity contribution in [2.45, 2.75) is 52.0 Å². The molecule has 0 amide bonds. The lowest BCUT2D eigenvalue weighted by atomic mass is 9.89. The molecule has 0 spiro atoms. The fourth-order valence-electron chi connectivity index (χ4n) is 2.57. The number of benzene rings is 1. The lowest BCUT2D eigenvalue weighted by Gasteiger charge is -2.24. The summed E-state index contributed by atoms with van der Waals surface area (Å²) in [5, 5.41) is 0. The number of hydrogen-bond donors (Lipinski definition) is 2. The minimum absolute atomic E-state index is 0.139. The topological polar surface area (TPSA) is 47.3 Å². The summed E-state index contributed by atoms with van der Waals surface area (Å²) in [7, 11) is 1.70. The van der Waals surface area contributed by atoms with E-state index in [4.69, 9.17) is 10.6 Å². The van der Waals surface area contributed by atoms with Gasteiger partial charge in [0.15, 0.2) is 0 Å². The van der Waals surface area contributed by atoms with Gasteiger partial charge in [0.2, 0.25) is 0 Å². The number of halogens is 1. The van der Waals surface area contributed by atoms with Crippen LogP contribution < -0.4 is 16.0 Å². The summed E-state index contributed by atoms with van der Waals surface area (Å²) in [4.78, 5) is 0. The number of nitrogens with one attached hydrogen (secondary N) is 1. The normalized spacial score (nSPS) is 14.1. The van der Waals surface area contributed by atoms with Crippen LogP contribution in [-0.2, 0) is 0 Å². The Kier molecular flexibility index (Phi) is 8.19. The van der Waals surface area contributed by atoms with Crippen LogP contribution >= 0.6 is 15.9 Å². The number of hydrogen-bond acceptors (Lipinski definition) is 3. The molecule has 2 atom stereocenters. The molecule has 1 aromatic carbocycles. The van der Waals surface area contributed by atoms with E-state index in [9.17, 15) is 0 Å². The zero-order valence-corrected chi connectivity index (χ0v) is 14.4. The van der Waals surface area contributed by atoms with Crippen LogP contribution in [0.25, 0.3) is 0 Å². The van der Waals surface area contributed by atoms with Crippen LogP contribution in [0.1, 0.15) is 57.6 Å². The third kappa shape index (κ3) is 5.08. The third-order valence-electron chi connectivity index (χ3n) is 3.88. The largest absolute Gasteiger partial charge is 0.496 e. The van der Waals surface area contributed by atoms with Gasteiger partial charge in [-0.3, -0.25) is 11.3 Å². The van der Waals surface area contributed by atoms with Crippen molar-refractivity contribution in [3.8, 4) is 5.75 Å². The van der Waals surface area contributed by atoms with E-state index in [1.54, 1.807) is 7.11 Å². The van der Waals surface area contributed by atoms with Crippen LogP contribution in [0.5, 0.6) is 5.75 Å². The SMILES string of the molecule is CCCCC(CC)CC(NN)c1ccc(Br)cc1OC. The second kappa shape index (κ2) is 9.37. The van der Waals surface area contributed by atoms with E-state index in [2.05, 4.69) is 41.3 Å². The number of unbranched alkanes of at least 4 members (excludes halogenated alkanes) is 1. The van der Waals surface area contributed by atoms with Crippen LogP contribution in [0.4, 0.5) is 0 Å². The molecule has 0 bridgehead atoms. The van der Waals surface area contributed by atoms with Crippen molar-refractivity contribution in [2.24, 2.45) is 11.8 Å². The zero-order valence-electron chi connectivity index (χ0n) is 12.8. The quantitative estimate of drug-likeness (QED) is 0.510. The van der Waals surface area contributed by atoms with Gasteiger partial charge in [-0.1, -0.05) is 61.5 Å². The summed E-state index contributed by atoms with van der Waals surface area (Å²) in [5.74, 6) is 7.36. The molecule has 3 nitrogen and oxygen atoms in total. The van der Waals surface area contributed by atoms with Gasteiger partial charge < -0.3 is 4.74 Å². The van der Waals surface area contributed by atoms with Gasteiger partial charge >= 0.3 is 0 Å². The van der Waals surface area contributed by atoms with Crippen molar-refractivity contribution < 1.29 is 4.74 Å². The molecule has 1 rings (SSSR count). The first-order chi connectivity index (χ1) is 9.65.